The van der Waals surface area contributed by atoms with Crippen LogP contribution in [0, 0.1) is 0 Å². The van der Waals surface area contributed by atoms with Crippen LogP contribution in [0.1, 0.15) is 17.5 Å². The van der Waals surface area contributed by atoms with Crippen molar-refractivity contribution >= 4 is 0 Å². The van der Waals surface area contributed by atoms with Gasteiger partial charge in [0.25, 0.3) is 6.48 Å². The fraction of sp³-hybridized carbons (Fsp3) is 0.455. The quantitative estimate of drug-likeness (QED) is 0.576. The van der Waals surface area contributed by atoms with E-state index in [1.165, 1.54) is 11.1 Å². The largest absolute Gasteiger partial charge is 0.333 e. The Morgan fingerprint density at radius 1 is 1.36 bits per heavy atom. The Bertz CT molecular complexity index is 314. The molecule has 14 heavy (non-hydrogen) atoms. The maximum atomic E-state index is 12.4. The van der Waals surface area contributed by atoms with E-state index in [1.807, 2.05) is 12.1 Å². The van der Waals surface area contributed by atoms with Crippen LogP contribution in [-0.2, 0) is 17.6 Å². The Hall–Kier alpha value is -0.930. The van der Waals surface area contributed by atoms with Crippen molar-refractivity contribution in [1.29, 1.82) is 0 Å². The highest BCUT2D eigenvalue weighted by atomic mass is 19.1. The fourth-order valence-corrected chi connectivity index (χ4v) is 1.96. The van der Waals surface area contributed by atoms with Crippen molar-refractivity contribution in [2.45, 2.75) is 31.8 Å². The van der Waals surface area contributed by atoms with E-state index in [0.29, 0.717) is 0 Å². The van der Waals surface area contributed by atoms with Crippen molar-refractivity contribution in [3.05, 3.63) is 35.4 Å². The molecular weight excluding hydrogens is 181 g/mol. The number of alkyl halides is 1. The monoisotopic (exact) mass is 195 g/mol. The second-order valence-electron chi connectivity index (χ2n) is 3.62. The summed E-state index contributed by atoms with van der Waals surface area (Å²) >= 11 is 0. The molecule has 3 heteroatoms. The third-order valence-corrected chi connectivity index (χ3v) is 2.62. The lowest BCUT2D eigenvalue weighted by Crippen LogP contribution is -2.30. The van der Waals surface area contributed by atoms with E-state index < -0.39 is 6.48 Å². The summed E-state index contributed by atoms with van der Waals surface area (Å²) in [5.74, 6) is 0. The van der Waals surface area contributed by atoms with E-state index in [9.17, 15) is 4.39 Å². The lowest BCUT2D eigenvalue weighted by molar-refractivity contribution is -0.0850. The van der Waals surface area contributed by atoms with Crippen LogP contribution < -0.4 is 5.73 Å². The van der Waals surface area contributed by atoms with Crippen LogP contribution in [0.5, 0.6) is 0 Å². The van der Waals surface area contributed by atoms with E-state index >= 15 is 0 Å². The van der Waals surface area contributed by atoms with Crippen LogP contribution in [-0.4, -0.2) is 12.6 Å². The molecule has 1 aromatic carbocycles. The number of nitrogens with two attached hydrogens (primary N) is 1. The zero-order chi connectivity index (χ0) is 9.97. The SMILES string of the molecule is N[C@H](F)OC1CCc2ccccc2C1. The molecule has 2 rings (SSSR count). The van der Waals surface area contributed by atoms with Gasteiger partial charge in [-0.25, -0.2) is 0 Å². The molecule has 0 fully saturated rings. The first-order chi connectivity index (χ1) is 6.75. The van der Waals surface area contributed by atoms with Crippen LogP contribution in [0.2, 0.25) is 0 Å². The third kappa shape index (κ3) is 2.11. The zero-order valence-corrected chi connectivity index (χ0v) is 7.95. The van der Waals surface area contributed by atoms with Gasteiger partial charge in [0.15, 0.2) is 0 Å². The molecule has 2 nitrogen and oxygen atoms in total. The summed E-state index contributed by atoms with van der Waals surface area (Å²) in [7, 11) is 0. The predicted octanol–water partition coefficient (Wildman–Crippen LogP) is 1.77. The molecule has 0 aliphatic heterocycles. The van der Waals surface area contributed by atoms with Gasteiger partial charge in [-0.2, -0.15) is 4.39 Å². The molecular formula is C11H14FNO. The highest BCUT2D eigenvalue weighted by Crippen LogP contribution is 2.23. The number of rotatable bonds is 2. The van der Waals surface area contributed by atoms with E-state index in [-0.39, 0.29) is 6.10 Å². The van der Waals surface area contributed by atoms with Gasteiger partial charge >= 0.3 is 0 Å². The van der Waals surface area contributed by atoms with Crippen molar-refractivity contribution in [3.63, 3.8) is 0 Å². The normalized spacial score (nSPS) is 22.9. The van der Waals surface area contributed by atoms with Gasteiger partial charge in [0.1, 0.15) is 0 Å². The van der Waals surface area contributed by atoms with Gasteiger partial charge in [-0.1, -0.05) is 24.3 Å². The van der Waals surface area contributed by atoms with Crippen molar-refractivity contribution < 1.29 is 9.13 Å². The minimum atomic E-state index is -1.65. The number of ether oxygens (including phenoxy) is 1. The molecule has 0 bridgehead atoms. The Morgan fingerprint density at radius 3 is 2.79 bits per heavy atom. The van der Waals surface area contributed by atoms with Crippen LogP contribution in [0.3, 0.4) is 0 Å². The van der Waals surface area contributed by atoms with E-state index in [0.717, 1.165) is 19.3 Å². The molecule has 1 aromatic rings. The molecule has 1 unspecified atom stereocenters. The highest BCUT2D eigenvalue weighted by molar-refractivity contribution is 5.29. The smallest absolute Gasteiger partial charge is 0.253 e. The van der Waals surface area contributed by atoms with E-state index in [2.05, 4.69) is 12.1 Å². The summed E-state index contributed by atoms with van der Waals surface area (Å²) in [5, 5.41) is 0. The number of hydrogen-bond donors (Lipinski definition) is 1. The maximum absolute atomic E-state index is 12.4. The molecule has 1 aliphatic carbocycles. The highest BCUT2D eigenvalue weighted by Gasteiger charge is 2.20. The van der Waals surface area contributed by atoms with Gasteiger partial charge in [-0.3, -0.25) is 5.73 Å². The van der Waals surface area contributed by atoms with E-state index in [1.54, 1.807) is 0 Å². The summed E-state index contributed by atoms with van der Waals surface area (Å²) < 4.78 is 17.4. The maximum Gasteiger partial charge on any atom is 0.253 e. The zero-order valence-electron chi connectivity index (χ0n) is 7.95. The van der Waals surface area contributed by atoms with Gasteiger partial charge in [0.2, 0.25) is 0 Å². The van der Waals surface area contributed by atoms with Gasteiger partial charge in [0.05, 0.1) is 6.10 Å². The lowest BCUT2D eigenvalue weighted by Gasteiger charge is -2.24. The van der Waals surface area contributed by atoms with Crippen LogP contribution in [0.15, 0.2) is 24.3 Å². The first kappa shape index (κ1) is 9.62. The molecule has 0 aromatic heterocycles. The Morgan fingerprint density at radius 2 is 2.07 bits per heavy atom. The van der Waals surface area contributed by atoms with Crippen LogP contribution in [0.25, 0.3) is 0 Å². The Balaban J connectivity index is 2.06. The molecule has 0 amide bonds. The molecule has 0 radical (unpaired) electrons. The standard InChI is InChI=1S/C11H14FNO/c12-11(13)14-10-6-5-8-3-1-2-4-9(8)7-10/h1-4,10-11H,5-7,13H2/t10?,11-/m0/s1. The number of aryl methyl sites for hydroxylation is 1. The fourth-order valence-electron chi connectivity index (χ4n) is 1.96. The lowest BCUT2D eigenvalue weighted by atomic mass is 9.90. The molecule has 0 spiro atoms. The van der Waals surface area contributed by atoms with Crippen molar-refractivity contribution in [3.8, 4) is 0 Å². The predicted molar refractivity (Wildman–Crippen MR) is 52.4 cm³/mol. The molecule has 1 aliphatic rings. The molecule has 0 saturated heterocycles. The topological polar surface area (TPSA) is 35.2 Å². The minimum Gasteiger partial charge on any atom is -0.333 e. The molecule has 2 atom stereocenters. The van der Waals surface area contributed by atoms with E-state index in [4.69, 9.17) is 10.5 Å². The van der Waals surface area contributed by atoms with Gasteiger partial charge in [-0.05, 0) is 30.4 Å². The van der Waals surface area contributed by atoms with Crippen molar-refractivity contribution in [1.82, 2.24) is 0 Å². The number of fused-ring (bicyclic) bond motifs is 1. The van der Waals surface area contributed by atoms with Gasteiger partial charge in [0, 0.05) is 0 Å². The summed E-state index contributed by atoms with van der Waals surface area (Å²) in [6, 6.07) is 8.20. The average Bonchev–Trinajstić information content (AvgIpc) is 2.17. The number of halogens is 1. The Labute approximate surface area is 82.9 Å². The summed E-state index contributed by atoms with van der Waals surface area (Å²) in [6.07, 6.45) is 2.51. The summed E-state index contributed by atoms with van der Waals surface area (Å²) in [4.78, 5) is 0. The van der Waals surface area contributed by atoms with Gasteiger partial charge in [-0.15, -0.1) is 0 Å². The second-order valence-corrected chi connectivity index (χ2v) is 3.62. The van der Waals surface area contributed by atoms with Crippen molar-refractivity contribution in [2.75, 3.05) is 0 Å². The van der Waals surface area contributed by atoms with Gasteiger partial charge < -0.3 is 4.74 Å². The summed E-state index contributed by atoms with van der Waals surface area (Å²) in [5.41, 5.74) is 7.56. The number of benzene rings is 1. The van der Waals surface area contributed by atoms with Crippen molar-refractivity contribution in [2.24, 2.45) is 5.73 Å². The van der Waals surface area contributed by atoms with Crippen LogP contribution >= 0.6 is 0 Å². The van der Waals surface area contributed by atoms with Crippen LogP contribution in [0.4, 0.5) is 4.39 Å². The third-order valence-electron chi connectivity index (χ3n) is 2.62. The molecule has 76 valence electrons. The number of hydrogen-bond acceptors (Lipinski definition) is 2. The molecule has 0 heterocycles. The Kier molecular flexibility index (Phi) is 2.79. The first-order valence-electron chi connectivity index (χ1n) is 4.87. The molecule has 0 saturated carbocycles. The average molecular weight is 195 g/mol. The first-order valence-corrected chi connectivity index (χ1v) is 4.87. The summed E-state index contributed by atoms with van der Waals surface area (Å²) in [6.45, 7) is -1.65. The molecule has 2 N–H and O–H groups in total. The minimum absolute atomic E-state index is 0.0649. The second kappa shape index (κ2) is 4.07.